The highest BCUT2D eigenvalue weighted by atomic mass is 16.5. The Kier molecular flexibility index (Phi) is 5.96. The number of carbonyl (C=O) groups excluding carboxylic acids is 2. The van der Waals surface area contributed by atoms with Crippen LogP contribution in [0.25, 0.3) is 0 Å². The number of carbonyl (C=O) groups is 2. The van der Waals surface area contributed by atoms with E-state index in [4.69, 9.17) is 9.47 Å². The Bertz CT molecular complexity index is 807. The lowest BCUT2D eigenvalue weighted by molar-refractivity contribution is 0.0718. The zero-order valence-corrected chi connectivity index (χ0v) is 15.7. The highest BCUT2D eigenvalue weighted by Gasteiger charge is 2.24. The Morgan fingerprint density at radius 2 is 1.33 bits per heavy atom. The molecule has 0 radical (unpaired) electrons. The van der Waals surface area contributed by atoms with Crippen molar-refractivity contribution in [1.82, 2.24) is 9.80 Å². The Morgan fingerprint density at radius 1 is 0.741 bits per heavy atom. The van der Waals surface area contributed by atoms with Crippen LogP contribution in [-0.2, 0) is 0 Å². The van der Waals surface area contributed by atoms with E-state index in [0.717, 1.165) is 6.42 Å². The second-order valence-corrected chi connectivity index (χ2v) is 6.37. The van der Waals surface area contributed by atoms with Gasteiger partial charge in [0.05, 0.1) is 14.2 Å². The van der Waals surface area contributed by atoms with Crippen LogP contribution in [0, 0.1) is 0 Å². The van der Waals surface area contributed by atoms with Gasteiger partial charge in [0, 0.05) is 37.3 Å². The van der Waals surface area contributed by atoms with Crippen LogP contribution in [0.2, 0.25) is 0 Å². The molecule has 6 heteroatoms. The molecule has 2 aromatic rings. The highest BCUT2D eigenvalue weighted by molar-refractivity contribution is 5.96. The van der Waals surface area contributed by atoms with Crippen LogP contribution in [0.4, 0.5) is 0 Å². The van der Waals surface area contributed by atoms with Gasteiger partial charge in [-0.3, -0.25) is 9.59 Å². The summed E-state index contributed by atoms with van der Waals surface area (Å²) in [5, 5.41) is 0. The number of benzene rings is 2. The van der Waals surface area contributed by atoms with Crippen molar-refractivity contribution < 1.29 is 19.1 Å². The van der Waals surface area contributed by atoms with Gasteiger partial charge < -0.3 is 19.3 Å². The first-order chi connectivity index (χ1) is 13.1. The fraction of sp³-hybridized carbons (Fsp3) is 0.333. The maximum absolute atomic E-state index is 12.9. The van der Waals surface area contributed by atoms with Crippen molar-refractivity contribution in [3.8, 4) is 11.5 Å². The summed E-state index contributed by atoms with van der Waals surface area (Å²) in [6.45, 7) is 2.29. The Morgan fingerprint density at radius 3 is 1.93 bits per heavy atom. The molecule has 1 aliphatic rings. The minimum absolute atomic E-state index is 0.0102. The van der Waals surface area contributed by atoms with Gasteiger partial charge in [-0.2, -0.15) is 0 Å². The summed E-state index contributed by atoms with van der Waals surface area (Å²) in [5.41, 5.74) is 1.23. The molecule has 1 heterocycles. The van der Waals surface area contributed by atoms with E-state index in [2.05, 4.69) is 0 Å². The summed E-state index contributed by atoms with van der Waals surface area (Å²) in [5.74, 6) is 1.06. The molecule has 2 amide bonds. The maximum Gasteiger partial charge on any atom is 0.254 e. The van der Waals surface area contributed by atoms with Crippen molar-refractivity contribution in [3.63, 3.8) is 0 Å². The number of hydrogen-bond acceptors (Lipinski definition) is 4. The average molecular weight is 368 g/mol. The Labute approximate surface area is 159 Å². The van der Waals surface area contributed by atoms with E-state index in [0.29, 0.717) is 48.8 Å². The van der Waals surface area contributed by atoms with Gasteiger partial charge in [0.15, 0.2) is 11.5 Å². The number of nitrogens with zero attached hydrogens (tertiary/aromatic N) is 2. The van der Waals surface area contributed by atoms with E-state index in [9.17, 15) is 9.59 Å². The van der Waals surface area contributed by atoms with E-state index >= 15 is 0 Å². The molecular formula is C21H24N2O4. The van der Waals surface area contributed by atoms with Gasteiger partial charge in [-0.15, -0.1) is 0 Å². The summed E-state index contributed by atoms with van der Waals surface area (Å²) in [6, 6.07) is 14.4. The molecule has 0 N–H and O–H groups in total. The predicted molar refractivity (Wildman–Crippen MR) is 102 cm³/mol. The quantitative estimate of drug-likeness (QED) is 0.833. The standard InChI is InChI=1S/C21H24N2O4/c1-26-18-10-9-17(15-19(18)27-2)21(25)23-12-6-11-22(13-14-23)20(24)16-7-4-3-5-8-16/h3-5,7-10,15H,6,11-14H2,1-2H3. The molecule has 0 unspecified atom stereocenters. The van der Waals surface area contributed by atoms with Gasteiger partial charge in [-0.1, -0.05) is 18.2 Å². The first-order valence-corrected chi connectivity index (χ1v) is 8.99. The number of amides is 2. The van der Waals surface area contributed by atoms with Crippen molar-refractivity contribution in [2.75, 3.05) is 40.4 Å². The summed E-state index contributed by atoms with van der Waals surface area (Å²) in [6.07, 6.45) is 0.748. The molecular weight excluding hydrogens is 344 g/mol. The zero-order valence-electron chi connectivity index (χ0n) is 15.7. The first kappa shape index (κ1) is 18.8. The van der Waals surface area contributed by atoms with E-state index in [1.165, 1.54) is 0 Å². The molecule has 0 spiro atoms. The lowest BCUT2D eigenvalue weighted by Gasteiger charge is -2.22. The molecule has 142 valence electrons. The van der Waals surface area contributed by atoms with E-state index in [1.807, 2.05) is 35.2 Å². The van der Waals surface area contributed by atoms with E-state index < -0.39 is 0 Å². The molecule has 3 rings (SSSR count). The maximum atomic E-state index is 12.9. The van der Waals surface area contributed by atoms with Crippen molar-refractivity contribution in [2.24, 2.45) is 0 Å². The van der Waals surface area contributed by atoms with Crippen LogP contribution in [0.5, 0.6) is 11.5 Å². The van der Waals surface area contributed by atoms with Gasteiger partial charge in [-0.25, -0.2) is 0 Å². The number of ether oxygens (including phenoxy) is 2. The smallest absolute Gasteiger partial charge is 0.254 e. The molecule has 0 atom stereocenters. The third-order valence-corrected chi connectivity index (χ3v) is 4.72. The molecule has 6 nitrogen and oxygen atoms in total. The molecule has 0 aromatic heterocycles. The van der Waals surface area contributed by atoms with E-state index in [1.54, 1.807) is 37.3 Å². The van der Waals surface area contributed by atoms with Gasteiger partial charge in [0.25, 0.3) is 11.8 Å². The molecule has 2 aromatic carbocycles. The molecule has 0 bridgehead atoms. The molecule has 1 fully saturated rings. The van der Waals surface area contributed by atoms with Crippen molar-refractivity contribution >= 4 is 11.8 Å². The highest BCUT2D eigenvalue weighted by Crippen LogP contribution is 2.28. The summed E-state index contributed by atoms with van der Waals surface area (Å²) < 4.78 is 10.5. The minimum Gasteiger partial charge on any atom is -0.493 e. The van der Waals surface area contributed by atoms with Crippen molar-refractivity contribution in [1.29, 1.82) is 0 Å². The SMILES string of the molecule is COc1ccc(C(=O)N2CCCN(C(=O)c3ccccc3)CC2)cc1OC. The predicted octanol–water partition coefficient (Wildman–Crippen LogP) is 2.69. The second kappa shape index (κ2) is 8.58. The monoisotopic (exact) mass is 368 g/mol. The van der Waals surface area contributed by atoms with Gasteiger partial charge in [0.1, 0.15) is 0 Å². The third-order valence-electron chi connectivity index (χ3n) is 4.72. The topological polar surface area (TPSA) is 59.1 Å². The molecule has 1 saturated heterocycles. The fourth-order valence-electron chi connectivity index (χ4n) is 3.24. The zero-order chi connectivity index (χ0) is 19.2. The summed E-state index contributed by atoms with van der Waals surface area (Å²) >= 11 is 0. The molecule has 27 heavy (non-hydrogen) atoms. The Balaban J connectivity index is 1.69. The van der Waals surface area contributed by atoms with Crippen molar-refractivity contribution in [3.05, 3.63) is 59.7 Å². The largest absolute Gasteiger partial charge is 0.493 e. The third kappa shape index (κ3) is 4.22. The average Bonchev–Trinajstić information content (AvgIpc) is 2.99. The second-order valence-electron chi connectivity index (χ2n) is 6.37. The van der Waals surface area contributed by atoms with Crippen LogP contribution < -0.4 is 9.47 Å². The van der Waals surface area contributed by atoms with Crippen LogP contribution in [0.1, 0.15) is 27.1 Å². The first-order valence-electron chi connectivity index (χ1n) is 8.99. The van der Waals surface area contributed by atoms with Crippen LogP contribution in [0.3, 0.4) is 0 Å². The van der Waals surface area contributed by atoms with Gasteiger partial charge in [-0.05, 0) is 36.8 Å². The molecule has 1 aliphatic heterocycles. The van der Waals surface area contributed by atoms with Crippen LogP contribution >= 0.6 is 0 Å². The molecule has 0 saturated carbocycles. The lowest BCUT2D eigenvalue weighted by Crippen LogP contribution is -2.37. The van der Waals surface area contributed by atoms with E-state index in [-0.39, 0.29) is 11.8 Å². The van der Waals surface area contributed by atoms with Crippen LogP contribution in [-0.4, -0.2) is 62.0 Å². The Hall–Kier alpha value is -3.02. The van der Waals surface area contributed by atoms with Gasteiger partial charge >= 0.3 is 0 Å². The van der Waals surface area contributed by atoms with Crippen LogP contribution in [0.15, 0.2) is 48.5 Å². The normalized spacial score (nSPS) is 14.4. The summed E-state index contributed by atoms with van der Waals surface area (Å²) in [4.78, 5) is 29.1. The van der Waals surface area contributed by atoms with Crippen molar-refractivity contribution in [2.45, 2.75) is 6.42 Å². The number of methoxy groups -OCH3 is 2. The fourth-order valence-corrected chi connectivity index (χ4v) is 3.24. The summed E-state index contributed by atoms with van der Waals surface area (Å²) in [7, 11) is 3.11. The number of hydrogen-bond donors (Lipinski definition) is 0. The molecule has 0 aliphatic carbocycles. The van der Waals surface area contributed by atoms with Gasteiger partial charge in [0.2, 0.25) is 0 Å². The minimum atomic E-state index is -0.0648. The lowest BCUT2D eigenvalue weighted by atomic mass is 10.1. The number of rotatable bonds is 4.